The van der Waals surface area contributed by atoms with Gasteiger partial charge in [-0.1, -0.05) is 12.1 Å². The van der Waals surface area contributed by atoms with Crippen molar-refractivity contribution in [1.82, 2.24) is 10.6 Å². The van der Waals surface area contributed by atoms with Crippen molar-refractivity contribution < 1.29 is 14.6 Å². The van der Waals surface area contributed by atoms with Gasteiger partial charge in [-0.25, -0.2) is 0 Å². The predicted molar refractivity (Wildman–Crippen MR) is 124 cm³/mol. The highest BCUT2D eigenvalue weighted by molar-refractivity contribution is 14.0. The number of rotatable bonds is 9. The van der Waals surface area contributed by atoms with Crippen LogP contribution in [0.3, 0.4) is 0 Å². The van der Waals surface area contributed by atoms with Gasteiger partial charge in [0.1, 0.15) is 17.2 Å². The molecule has 0 aliphatic carbocycles. The second-order valence-corrected chi connectivity index (χ2v) is 6.15. The number of ether oxygens (including phenoxy) is 2. The van der Waals surface area contributed by atoms with Crippen LogP contribution in [0.15, 0.2) is 47.5 Å². The van der Waals surface area contributed by atoms with Crippen LogP contribution >= 0.6 is 24.0 Å². The summed E-state index contributed by atoms with van der Waals surface area (Å²) in [7, 11) is 5.02. The highest BCUT2D eigenvalue weighted by Gasteiger charge is 2.05. The van der Waals surface area contributed by atoms with Gasteiger partial charge < -0.3 is 25.2 Å². The van der Waals surface area contributed by atoms with Crippen molar-refractivity contribution in [1.29, 1.82) is 0 Å². The zero-order chi connectivity index (χ0) is 19.5. The lowest BCUT2D eigenvalue weighted by Gasteiger charge is -2.13. The van der Waals surface area contributed by atoms with Gasteiger partial charge in [0, 0.05) is 25.7 Å². The lowest BCUT2D eigenvalue weighted by molar-refractivity contribution is 0.410. The largest absolute Gasteiger partial charge is 0.508 e. The molecule has 0 aliphatic rings. The summed E-state index contributed by atoms with van der Waals surface area (Å²) < 4.78 is 10.4. The average molecular weight is 499 g/mol. The van der Waals surface area contributed by atoms with Crippen LogP contribution in [0, 0.1) is 0 Å². The molecule has 0 heterocycles. The fourth-order valence-electron chi connectivity index (χ4n) is 2.68. The molecule has 0 saturated carbocycles. The molecule has 0 aliphatic heterocycles. The summed E-state index contributed by atoms with van der Waals surface area (Å²) in [4.78, 5) is 4.22. The maximum atomic E-state index is 9.94. The minimum Gasteiger partial charge on any atom is -0.508 e. The van der Waals surface area contributed by atoms with Crippen LogP contribution in [0.4, 0.5) is 0 Å². The first-order valence-corrected chi connectivity index (χ1v) is 9.09. The van der Waals surface area contributed by atoms with Crippen LogP contribution in [-0.4, -0.2) is 38.9 Å². The smallest absolute Gasteiger partial charge is 0.191 e. The van der Waals surface area contributed by atoms with Crippen LogP contribution in [0.5, 0.6) is 17.2 Å². The molecule has 28 heavy (non-hydrogen) atoms. The molecule has 0 amide bonds. The standard InChI is InChI=1S/C21H29N3O3.HI/c1-22-21(24-15-17-14-19(27-3)11-12-20(17)25)23-13-5-4-6-16-7-9-18(26-2)10-8-16;/h7-12,14,25H,4-6,13,15H2,1-3H3,(H2,22,23,24);1H. The Balaban J connectivity index is 0.00000392. The molecule has 6 nitrogen and oxygen atoms in total. The van der Waals surface area contributed by atoms with E-state index in [0.29, 0.717) is 18.3 Å². The van der Waals surface area contributed by atoms with E-state index in [1.54, 1.807) is 33.4 Å². The molecule has 0 unspecified atom stereocenters. The van der Waals surface area contributed by atoms with Crippen molar-refractivity contribution in [3.8, 4) is 17.2 Å². The Bertz CT molecular complexity index is 736. The molecule has 0 spiro atoms. The van der Waals surface area contributed by atoms with Gasteiger partial charge in [-0.15, -0.1) is 24.0 Å². The monoisotopic (exact) mass is 499 g/mol. The number of phenolic OH excluding ortho intramolecular Hbond substituents is 1. The van der Waals surface area contributed by atoms with Gasteiger partial charge in [-0.3, -0.25) is 4.99 Å². The number of nitrogens with zero attached hydrogens (tertiary/aromatic N) is 1. The Hall–Kier alpha value is -2.16. The van der Waals surface area contributed by atoms with Gasteiger partial charge in [0.15, 0.2) is 5.96 Å². The fourth-order valence-corrected chi connectivity index (χ4v) is 2.68. The molecule has 3 N–H and O–H groups in total. The lowest BCUT2D eigenvalue weighted by Crippen LogP contribution is -2.37. The van der Waals surface area contributed by atoms with Crippen molar-refractivity contribution in [2.45, 2.75) is 25.8 Å². The minimum atomic E-state index is 0. The molecule has 2 aromatic carbocycles. The fraction of sp³-hybridized carbons (Fsp3) is 0.381. The van der Waals surface area contributed by atoms with Gasteiger partial charge in [-0.05, 0) is 55.2 Å². The van der Waals surface area contributed by atoms with E-state index in [1.165, 1.54) is 5.56 Å². The number of methoxy groups -OCH3 is 2. The van der Waals surface area contributed by atoms with Crippen LogP contribution in [-0.2, 0) is 13.0 Å². The number of guanidine groups is 1. The Morgan fingerprint density at radius 3 is 2.29 bits per heavy atom. The van der Waals surface area contributed by atoms with Crippen molar-refractivity contribution >= 4 is 29.9 Å². The molecule has 0 bridgehead atoms. The number of benzene rings is 2. The molecule has 0 radical (unpaired) electrons. The second-order valence-electron chi connectivity index (χ2n) is 6.15. The van der Waals surface area contributed by atoms with Crippen LogP contribution < -0.4 is 20.1 Å². The van der Waals surface area contributed by atoms with Crippen molar-refractivity contribution in [2.24, 2.45) is 4.99 Å². The Morgan fingerprint density at radius 2 is 1.64 bits per heavy atom. The highest BCUT2D eigenvalue weighted by Crippen LogP contribution is 2.22. The van der Waals surface area contributed by atoms with Crippen LogP contribution in [0.2, 0.25) is 0 Å². The summed E-state index contributed by atoms with van der Waals surface area (Å²) in [6.07, 6.45) is 3.17. The highest BCUT2D eigenvalue weighted by atomic mass is 127. The lowest BCUT2D eigenvalue weighted by atomic mass is 10.1. The molecule has 0 fully saturated rings. The van der Waals surface area contributed by atoms with Gasteiger partial charge in [0.25, 0.3) is 0 Å². The Kier molecular flexibility index (Phi) is 11.2. The second kappa shape index (κ2) is 13.1. The summed E-state index contributed by atoms with van der Waals surface area (Å²) in [6.45, 7) is 1.30. The molecule has 2 rings (SSSR count). The van der Waals surface area contributed by atoms with Gasteiger partial charge in [0.05, 0.1) is 14.2 Å². The summed E-state index contributed by atoms with van der Waals surface area (Å²) in [6, 6.07) is 13.4. The number of phenols is 1. The minimum absolute atomic E-state index is 0. The van der Waals surface area contributed by atoms with E-state index in [-0.39, 0.29) is 29.7 Å². The van der Waals surface area contributed by atoms with Gasteiger partial charge >= 0.3 is 0 Å². The molecule has 0 atom stereocenters. The van der Waals surface area contributed by atoms with E-state index in [4.69, 9.17) is 9.47 Å². The quantitative estimate of drug-likeness (QED) is 0.212. The first-order valence-electron chi connectivity index (χ1n) is 9.09. The number of aromatic hydroxyl groups is 1. The number of unbranched alkanes of at least 4 members (excludes halogenated alkanes) is 1. The molecular weight excluding hydrogens is 469 g/mol. The number of aliphatic imine (C=N–C) groups is 1. The average Bonchev–Trinajstić information content (AvgIpc) is 2.71. The number of aryl methyl sites for hydroxylation is 1. The molecule has 154 valence electrons. The van der Waals surface area contributed by atoms with Gasteiger partial charge in [0.2, 0.25) is 0 Å². The zero-order valence-corrected chi connectivity index (χ0v) is 19.0. The number of hydrogen-bond acceptors (Lipinski definition) is 4. The summed E-state index contributed by atoms with van der Waals surface area (Å²) in [5.41, 5.74) is 2.07. The third kappa shape index (κ3) is 7.84. The summed E-state index contributed by atoms with van der Waals surface area (Å²) in [5.74, 6) is 2.54. The number of hydrogen-bond donors (Lipinski definition) is 3. The first kappa shape index (κ1) is 23.9. The predicted octanol–water partition coefficient (Wildman–Crippen LogP) is 3.72. The van der Waals surface area contributed by atoms with Crippen LogP contribution in [0.1, 0.15) is 24.0 Å². The van der Waals surface area contributed by atoms with Crippen molar-refractivity contribution in [3.05, 3.63) is 53.6 Å². The number of nitrogens with one attached hydrogen (secondary N) is 2. The van der Waals surface area contributed by atoms with Gasteiger partial charge in [-0.2, -0.15) is 0 Å². The zero-order valence-electron chi connectivity index (χ0n) is 16.7. The summed E-state index contributed by atoms with van der Waals surface area (Å²) in [5, 5.41) is 16.4. The number of halogens is 1. The summed E-state index contributed by atoms with van der Waals surface area (Å²) >= 11 is 0. The molecule has 7 heteroatoms. The molecular formula is C21H30IN3O3. The Morgan fingerprint density at radius 1 is 0.964 bits per heavy atom. The maximum Gasteiger partial charge on any atom is 0.191 e. The SMILES string of the molecule is CN=C(NCCCCc1ccc(OC)cc1)NCc1cc(OC)ccc1O.I. The van der Waals surface area contributed by atoms with E-state index in [0.717, 1.165) is 37.1 Å². The van der Waals surface area contributed by atoms with Crippen molar-refractivity contribution in [3.63, 3.8) is 0 Å². The van der Waals surface area contributed by atoms with Crippen molar-refractivity contribution in [2.75, 3.05) is 27.8 Å². The molecule has 0 aromatic heterocycles. The topological polar surface area (TPSA) is 75.1 Å². The Labute approximate surface area is 184 Å². The van der Waals surface area contributed by atoms with Crippen LogP contribution in [0.25, 0.3) is 0 Å². The first-order chi connectivity index (χ1) is 13.2. The third-order valence-electron chi connectivity index (χ3n) is 4.30. The van der Waals surface area contributed by atoms with E-state index >= 15 is 0 Å². The van der Waals surface area contributed by atoms with E-state index in [1.807, 2.05) is 18.2 Å². The van der Waals surface area contributed by atoms with E-state index in [2.05, 4.69) is 27.8 Å². The van der Waals surface area contributed by atoms with E-state index < -0.39 is 0 Å². The third-order valence-corrected chi connectivity index (χ3v) is 4.30. The molecule has 2 aromatic rings. The van der Waals surface area contributed by atoms with E-state index in [9.17, 15) is 5.11 Å². The normalized spacial score (nSPS) is 10.8. The molecule has 0 saturated heterocycles. The maximum absolute atomic E-state index is 9.94.